The summed E-state index contributed by atoms with van der Waals surface area (Å²) in [5.41, 5.74) is 0.862. The standard InChI is InChI=1S/C17H20F2N4O2/c1-22(14-9-23-6-4-10(14)5-7-23)16(24)15-12-8-11(25-17(18)19)2-3-13(12)20-21-15/h2-3,8,10,14,17H,4-7,9H2,1H3,(H,20,21)/t14-/m0/s1. The fourth-order valence-corrected chi connectivity index (χ4v) is 4.02. The first-order valence-corrected chi connectivity index (χ1v) is 8.45. The second-order valence-corrected chi connectivity index (χ2v) is 6.78. The minimum Gasteiger partial charge on any atom is -0.435 e. The van der Waals surface area contributed by atoms with Crippen LogP contribution in [0.4, 0.5) is 8.78 Å². The third-order valence-corrected chi connectivity index (χ3v) is 5.40. The number of hydrogen-bond donors (Lipinski definition) is 1. The normalized spacial score (nSPS) is 25.5. The Labute approximate surface area is 143 Å². The molecule has 2 bridgehead atoms. The molecule has 1 aromatic carbocycles. The average Bonchev–Trinajstić information content (AvgIpc) is 3.04. The van der Waals surface area contributed by atoms with Gasteiger partial charge in [0.15, 0.2) is 5.69 Å². The van der Waals surface area contributed by atoms with Crippen molar-refractivity contribution < 1.29 is 18.3 Å². The van der Waals surface area contributed by atoms with Gasteiger partial charge in [0.05, 0.1) is 5.52 Å². The number of fused-ring (bicyclic) bond motifs is 4. The molecule has 8 heteroatoms. The monoisotopic (exact) mass is 350 g/mol. The predicted molar refractivity (Wildman–Crippen MR) is 87.8 cm³/mol. The fourth-order valence-electron chi connectivity index (χ4n) is 4.02. The van der Waals surface area contributed by atoms with E-state index in [1.165, 1.54) is 12.1 Å². The Balaban J connectivity index is 1.61. The van der Waals surface area contributed by atoms with Crippen molar-refractivity contribution in [2.75, 3.05) is 26.7 Å². The smallest absolute Gasteiger partial charge is 0.387 e. The van der Waals surface area contributed by atoms with Gasteiger partial charge >= 0.3 is 6.61 Å². The highest BCUT2D eigenvalue weighted by Crippen LogP contribution is 2.32. The molecule has 134 valence electrons. The number of hydrogen-bond acceptors (Lipinski definition) is 4. The molecule has 3 aliphatic rings. The van der Waals surface area contributed by atoms with Crippen LogP contribution in [-0.4, -0.2) is 65.2 Å². The van der Waals surface area contributed by atoms with E-state index < -0.39 is 6.61 Å². The van der Waals surface area contributed by atoms with E-state index in [0.29, 0.717) is 16.8 Å². The van der Waals surface area contributed by atoms with Crippen molar-refractivity contribution in [1.82, 2.24) is 20.0 Å². The van der Waals surface area contributed by atoms with Crippen LogP contribution in [0.5, 0.6) is 5.75 Å². The summed E-state index contributed by atoms with van der Waals surface area (Å²) in [6, 6.07) is 4.62. The Morgan fingerprint density at radius 2 is 2.16 bits per heavy atom. The highest BCUT2D eigenvalue weighted by molar-refractivity contribution is 6.05. The van der Waals surface area contributed by atoms with Gasteiger partial charge in [-0.1, -0.05) is 0 Å². The van der Waals surface area contributed by atoms with E-state index in [-0.39, 0.29) is 23.4 Å². The number of benzene rings is 1. The lowest BCUT2D eigenvalue weighted by Gasteiger charge is -2.47. The summed E-state index contributed by atoms with van der Waals surface area (Å²) < 4.78 is 29.3. The number of piperidine rings is 3. The molecule has 4 heterocycles. The Morgan fingerprint density at radius 3 is 2.80 bits per heavy atom. The summed E-state index contributed by atoms with van der Waals surface area (Å²) >= 11 is 0. The Hall–Kier alpha value is -2.22. The topological polar surface area (TPSA) is 61.5 Å². The van der Waals surface area contributed by atoms with Crippen LogP contribution in [0.15, 0.2) is 18.2 Å². The third-order valence-electron chi connectivity index (χ3n) is 5.40. The van der Waals surface area contributed by atoms with Gasteiger partial charge in [0.1, 0.15) is 5.75 Å². The molecule has 1 N–H and O–H groups in total. The Morgan fingerprint density at radius 1 is 1.40 bits per heavy atom. The van der Waals surface area contributed by atoms with E-state index in [1.54, 1.807) is 18.0 Å². The van der Waals surface area contributed by atoms with Gasteiger partial charge in [-0.25, -0.2) is 0 Å². The number of aromatic nitrogens is 2. The van der Waals surface area contributed by atoms with Gasteiger partial charge in [0.25, 0.3) is 5.91 Å². The maximum absolute atomic E-state index is 13.0. The van der Waals surface area contributed by atoms with Crippen LogP contribution in [0, 0.1) is 5.92 Å². The third kappa shape index (κ3) is 2.95. The number of ether oxygens (including phenoxy) is 1. The molecule has 1 aromatic heterocycles. The number of carbonyl (C=O) groups is 1. The van der Waals surface area contributed by atoms with Crippen LogP contribution in [0.25, 0.3) is 10.9 Å². The molecule has 0 spiro atoms. The van der Waals surface area contributed by atoms with Crippen molar-refractivity contribution in [3.05, 3.63) is 23.9 Å². The van der Waals surface area contributed by atoms with Gasteiger partial charge in [-0.05, 0) is 50.0 Å². The zero-order valence-electron chi connectivity index (χ0n) is 13.9. The molecule has 6 nitrogen and oxygen atoms in total. The van der Waals surface area contributed by atoms with Crippen LogP contribution < -0.4 is 4.74 Å². The first-order valence-electron chi connectivity index (χ1n) is 8.45. The molecule has 0 saturated carbocycles. The molecule has 1 atom stereocenters. The minimum absolute atomic E-state index is 0.0171. The maximum atomic E-state index is 13.0. The van der Waals surface area contributed by atoms with E-state index in [1.807, 2.05) is 0 Å². The number of nitrogens with one attached hydrogen (secondary N) is 1. The van der Waals surface area contributed by atoms with Gasteiger partial charge in [-0.3, -0.25) is 9.89 Å². The lowest BCUT2D eigenvalue weighted by Crippen LogP contribution is -2.57. The van der Waals surface area contributed by atoms with Gasteiger partial charge < -0.3 is 14.5 Å². The number of aromatic amines is 1. The molecule has 5 rings (SSSR count). The van der Waals surface area contributed by atoms with Crippen molar-refractivity contribution in [2.45, 2.75) is 25.5 Å². The number of carbonyl (C=O) groups excluding carboxylic acids is 1. The summed E-state index contributed by atoms with van der Waals surface area (Å²) in [6.07, 6.45) is 2.21. The lowest BCUT2D eigenvalue weighted by atomic mass is 9.83. The second kappa shape index (κ2) is 6.25. The van der Waals surface area contributed by atoms with Gasteiger partial charge in [0, 0.05) is 25.0 Å². The molecular weight excluding hydrogens is 330 g/mol. The second-order valence-electron chi connectivity index (χ2n) is 6.78. The number of halogens is 2. The summed E-state index contributed by atoms with van der Waals surface area (Å²) in [5, 5.41) is 7.41. The molecule has 25 heavy (non-hydrogen) atoms. The van der Waals surface area contributed by atoms with Crippen molar-refractivity contribution in [1.29, 1.82) is 0 Å². The number of rotatable bonds is 4. The first kappa shape index (κ1) is 16.3. The van der Waals surface area contributed by atoms with Crippen LogP contribution in [0.3, 0.4) is 0 Å². The van der Waals surface area contributed by atoms with Crippen molar-refractivity contribution in [3.63, 3.8) is 0 Å². The van der Waals surface area contributed by atoms with Gasteiger partial charge in [-0.2, -0.15) is 13.9 Å². The van der Waals surface area contributed by atoms with E-state index in [2.05, 4.69) is 19.8 Å². The molecule has 0 unspecified atom stereocenters. The Kier molecular flexibility index (Phi) is 4.07. The molecule has 3 saturated heterocycles. The molecule has 3 aliphatic heterocycles. The zero-order chi connectivity index (χ0) is 17.6. The van der Waals surface area contributed by atoms with E-state index in [4.69, 9.17) is 0 Å². The summed E-state index contributed by atoms with van der Waals surface area (Å²) in [4.78, 5) is 17.1. The van der Waals surface area contributed by atoms with Crippen molar-refractivity contribution >= 4 is 16.8 Å². The molecule has 0 radical (unpaired) electrons. The Bertz CT molecular complexity index is 786. The molecule has 0 aliphatic carbocycles. The SMILES string of the molecule is CN(C(=O)c1n[nH]c2ccc(OC(F)F)cc12)[C@H]1CN2CCC1CC2. The van der Waals surface area contributed by atoms with Crippen LogP contribution in [0.2, 0.25) is 0 Å². The van der Waals surface area contributed by atoms with E-state index in [0.717, 1.165) is 32.5 Å². The van der Waals surface area contributed by atoms with Gasteiger partial charge in [0.2, 0.25) is 0 Å². The minimum atomic E-state index is -2.90. The highest BCUT2D eigenvalue weighted by Gasteiger charge is 2.38. The van der Waals surface area contributed by atoms with Crippen LogP contribution in [0.1, 0.15) is 23.3 Å². The maximum Gasteiger partial charge on any atom is 0.387 e. The van der Waals surface area contributed by atoms with Crippen molar-refractivity contribution in [2.24, 2.45) is 5.92 Å². The molecule has 2 aromatic rings. The summed E-state index contributed by atoms with van der Waals surface area (Å²) in [7, 11) is 1.80. The number of alkyl halides is 2. The van der Waals surface area contributed by atoms with E-state index in [9.17, 15) is 13.6 Å². The van der Waals surface area contributed by atoms with Crippen LogP contribution >= 0.6 is 0 Å². The average molecular weight is 350 g/mol. The quantitative estimate of drug-likeness (QED) is 0.919. The fraction of sp³-hybridized carbons (Fsp3) is 0.529. The van der Waals surface area contributed by atoms with Gasteiger partial charge in [-0.15, -0.1) is 0 Å². The number of amides is 1. The number of likely N-dealkylation sites (N-methyl/N-ethyl adjacent to an activating group) is 1. The summed E-state index contributed by atoms with van der Waals surface area (Å²) in [6.45, 7) is 0.179. The predicted octanol–water partition coefficient (Wildman–Crippen LogP) is 2.33. The lowest BCUT2D eigenvalue weighted by molar-refractivity contribution is -0.0497. The largest absolute Gasteiger partial charge is 0.435 e. The summed E-state index contributed by atoms with van der Waals surface area (Å²) in [5.74, 6) is 0.338. The number of H-pyrrole nitrogens is 1. The van der Waals surface area contributed by atoms with E-state index >= 15 is 0 Å². The first-order chi connectivity index (χ1) is 12.0. The molecular formula is C17H20F2N4O2. The molecule has 1 amide bonds. The number of nitrogens with zero attached hydrogens (tertiary/aromatic N) is 3. The highest BCUT2D eigenvalue weighted by atomic mass is 19.3. The zero-order valence-corrected chi connectivity index (χ0v) is 13.9. The van der Waals surface area contributed by atoms with Crippen molar-refractivity contribution in [3.8, 4) is 5.75 Å². The van der Waals surface area contributed by atoms with Crippen LogP contribution in [-0.2, 0) is 0 Å². The molecule has 3 fully saturated rings.